The Morgan fingerprint density at radius 3 is 2.00 bits per heavy atom. The maximum absolute atomic E-state index is 12.0. The molecule has 3 rings (SSSR count). The highest BCUT2D eigenvalue weighted by molar-refractivity contribution is 7.99. The van der Waals surface area contributed by atoms with Gasteiger partial charge in [0, 0.05) is 18.8 Å². The molecule has 0 aromatic heterocycles. The van der Waals surface area contributed by atoms with E-state index in [0.717, 1.165) is 0 Å². The number of hydrogen-bond donors (Lipinski definition) is 4. The minimum Gasteiger partial charge on any atom is -0.509 e. The highest BCUT2D eigenvalue weighted by Crippen LogP contribution is 2.36. The minimum absolute atomic E-state index is 0. The Labute approximate surface area is 229 Å². The number of carbonyl (C=O) groups is 1. The number of benzene rings is 2. The van der Waals surface area contributed by atoms with Gasteiger partial charge in [-0.1, -0.05) is 53.4 Å². The second-order valence-corrected chi connectivity index (χ2v) is 13.3. The summed E-state index contributed by atoms with van der Waals surface area (Å²) in [5.74, 6) is 2.53. The molecule has 0 fully saturated rings. The first-order valence-corrected chi connectivity index (χ1v) is 14.5. The molecule has 4 N–H and O–H groups in total. The van der Waals surface area contributed by atoms with Gasteiger partial charge in [-0.3, -0.25) is 0 Å². The molecule has 0 atom stereocenters. The van der Waals surface area contributed by atoms with E-state index in [1.807, 2.05) is 5.92 Å². The molecule has 0 spiro atoms. The fourth-order valence-electron chi connectivity index (χ4n) is 3.20. The number of sulfonamides is 2. The fourth-order valence-corrected chi connectivity index (χ4v) is 6.81. The van der Waals surface area contributed by atoms with Crippen molar-refractivity contribution in [1.29, 1.82) is 0 Å². The molecule has 1 aliphatic rings. The van der Waals surface area contributed by atoms with Crippen molar-refractivity contribution in [2.75, 3.05) is 0 Å². The van der Waals surface area contributed by atoms with Gasteiger partial charge >= 0.3 is 5.97 Å². The molecule has 1 heterocycles. The summed E-state index contributed by atoms with van der Waals surface area (Å²) in [4.78, 5) is 10.3. The van der Waals surface area contributed by atoms with Crippen LogP contribution in [0.25, 0.3) is 4.91 Å². The van der Waals surface area contributed by atoms with Crippen LogP contribution in [0.2, 0.25) is 10.0 Å². The van der Waals surface area contributed by atoms with E-state index in [0.29, 0.717) is 21.2 Å². The van der Waals surface area contributed by atoms with E-state index in [-0.39, 0.29) is 19.3 Å². The van der Waals surface area contributed by atoms with Crippen LogP contribution < -0.4 is 9.44 Å². The lowest BCUT2D eigenvalue weighted by Gasteiger charge is -2.19. The van der Waals surface area contributed by atoms with Crippen molar-refractivity contribution in [3.05, 3.63) is 75.5 Å². The fraction of sp³-hybridized carbons (Fsp3) is 0.292. The number of aliphatic hydroxyl groups excluding tert-OH is 1. The second-order valence-electron chi connectivity index (χ2n) is 9.08. The van der Waals surface area contributed by atoms with E-state index in [2.05, 4.69) is 15.4 Å². The molecule has 0 saturated carbocycles. The molecular formula is C24H30Cl2N2O7S2. The van der Waals surface area contributed by atoms with Crippen molar-refractivity contribution in [2.45, 2.75) is 44.5 Å². The molecule has 204 valence electrons. The minimum atomic E-state index is -3.67. The Morgan fingerprint density at radius 2 is 1.57 bits per heavy atom. The predicted molar refractivity (Wildman–Crippen MR) is 148 cm³/mol. The maximum atomic E-state index is 12.0. The van der Waals surface area contributed by atoms with Crippen molar-refractivity contribution in [3.8, 4) is 11.8 Å². The molecule has 37 heavy (non-hydrogen) atoms. The molecule has 13 heteroatoms. The van der Waals surface area contributed by atoms with Gasteiger partial charge in [0.1, 0.15) is 10.7 Å². The third kappa shape index (κ3) is 9.03. The molecule has 0 radical (unpaired) electrons. The first kappa shape index (κ1) is 30.6. The number of carboxylic acid groups (broad SMARTS) is 1. The van der Waals surface area contributed by atoms with Crippen LogP contribution in [0.3, 0.4) is 0 Å². The molecule has 0 amide bonds. The van der Waals surface area contributed by atoms with Crippen molar-refractivity contribution < 1.29 is 34.7 Å². The zero-order valence-electron chi connectivity index (χ0n) is 20.3. The Kier molecular flexibility index (Phi) is 9.46. The lowest BCUT2D eigenvalue weighted by Crippen LogP contribution is -2.42. The van der Waals surface area contributed by atoms with Crippen molar-refractivity contribution >= 4 is 54.1 Å². The van der Waals surface area contributed by atoms with Crippen molar-refractivity contribution in [2.24, 2.45) is 0 Å². The highest BCUT2D eigenvalue weighted by atomic mass is 35.5. The lowest BCUT2D eigenvalue weighted by atomic mass is 10.0. The molecule has 1 aliphatic heterocycles. The summed E-state index contributed by atoms with van der Waals surface area (Å²) in [6.07, 6.45) is 0. The first-order valence-electron chi connectivity index (χ1n) is 10.6. The summed E-state index contributed by atoms with van der Waals surface area (Å²) in [5, 5.41) is 19.5. The number of hydrogen-bond acceptors (Lipinski definition) is 6. The lowest BCUT2D eigenvalue weighted by molar-refractivity contribution is -0.130. The number of halogens is 2. The van der Waals surface area contributed by atoms with Crippen molar-refractivity contribution in [1.82, 2.24) is 9.44 Å². The summed E-state index contributed by atoms with van der Waals surface area (Å²) in [6.45, 7) is 6.18. The maximum Gasteiger partial charge on any atom is 0.381 e. The number of nitrogens with one attached hydrogen (secondary N) is 2. The molecule has 2 aromatic rings. The van der Waals surface area contributed by atoms with Crippen LogP contribution in [-0.2, 0) is 30.6 Å². The van der Waals surface area contributed by atoms with Gasteiger partial charge in [-0.2, -0.15) is 9.44 Å². The van der Waals surface area contributed by atoms with Gasteiger partial charge in [-0.05, 0) is 63.1 Å². The van der Waals surface area contributed by atoms with Crippen LogP contribution in [0.15, 0.2) is 54.3 Å². The SMILES string of the molecule is CC(C)(C#CC(=O)O)NS(=O)(=O)Cc1ccc(Cl)cc1.CC1(C)NS(=O)(=O)C(c2ccc(Cl)cc2)=C1O.[HH].[HH]. The number of carboxylic acids is 1. The molecule has 9 nitrogen and oxygen atoms in total. The average molecular weight is 594 g/mol. The normalized spacial score (nSPS) is 16.3. The van der Waals surface area contributed by atoms with Gasteiger partial charge in [0.05, 0.1) is 16.8 Å². The van der Waals surface area contributed by atoms with Gasteiger partial charge in [0.2, 0.25) is 20.0 Å². The van der Waals surface area contributed by atoms with Crippen LogP contribution in [0.5, 0.6) is 0 Å². The zero-order valence-corrected chi connectivity index (χ0v) is 23.5. The Balaban J connectivity index is 0.000000711. The highest BCUT2D eigenvalue weighted by Gasteiger charge is 2.43. The van der Waals surface area contributed by atoms with Gasteiger partial charge < -0.3 is 10.2 Å². The smallest absolute Gasteiger partial charge is 0.381 e. The summed E-state index contributed by atoms with van der Waals surface area (Å²) in [7, 11) is -7.31. The first-order chi connectivity index (χ1) is 16.8. The van der Waals surface area contributed by atoms with Crippen LogP contribution in [0.1, 0.15) is 41.7 Å². The van der Waals surface area contributed by atoms with Crippen LogP contribution in [0.4, 0.5) is 0 Å². The predicted octanol–water partition coefficient (Wildman–Crippen LogP) is 4.40. The molecule has 0 aliphatic carbocycles. The summed E-state index contributed by atoms with van der Waals surface area (Å²) >= 11 is 11.5. The molecule has 0 unspecified atom stereocenters. The Bertz CT molecular complexity index is 1480. The Hall–Kier alpha value is -2.59. The van der Waals surface area contributed by atoms with E-state index in [1.165, 1.54) is 13.8 Å². The summed E-state index contributed by atoms with van der Waals surface area (Å²) in [5.41, 5.74) is -1.15. The average Bonchev–Trinajstić information content (AvgIpc) is 2.91. The van der Waals surface area contributed by atoms with Gasteiger partial charge in [0.25, 0.3) is 0 Å². The quantitative estimate of drug-likeness (QED) is 0.376. The third-order valence-corrected chi connectivity index (χ3v) is 8.52. The molecule has 0 saturated heterocycles. The molecule has 0 bridgehead atoms. The van der Waals surface area contributed by atoms with E-state index in [4.69, 9.17) is 28.3 Å². The second kappa shape index (κ2) is 11.4. The van der Waals surface area contributed by atoms with E-state index in [9.17, 15) is 26.7 Å². The van der Waals surface area contributed by atoms with Crippen LogP contribution in [0, 0.1) is 11.8 Å². The van der Waals surface area contributed by atoms with Gasteiger partial charge in [-0.15, -0.1) is 0 Å². The van der Waals surface area contributed by atoms with E-state index in [1.54, 1.807) is 62.4 Å². The number of aliphatic hydroxyl groups is 1. The van der Waals surface area contributed by atoms with Gasteiger partial charge in [0.15, 0.2) is 0 Å². The summed E-state index contributed by atoms with van der Waals surface area (Å²) in [6, 6.07) is 12.7. The van der Waals surface area contributed by atoms with Crippen molar-refractivity contribution in [3.63, 3.8) is 0 Å². The monoisotopic (exact) mass is 592 g/mol. The third-order valence-electron chi connectivity index (χ3n) is 4.73. The topological polar surface area (TPSA) is 150 Å². The zero-order chi connectivity index (χ0) is 28.2. The van der Waals surface area contributed by atoms with E-state index < -0.39 is 37.1 Å². The number of aliphatic carboxylic acids is 1. The molecular weight excluding hydrogens is 563 g/mol. The Morgan fingerprint density at radius 1 is 1.08 bits per heavy atom. The standard InChI is InChI=1S/C13H14ClNO4S.C11H12ClNO3S.2H2/c1-13(2,8-7-12(16)17)15-20(18,19)9-10-3-5-11(14)6-4-10;1-11(2)10(14)9(17(15,16)13-11)7-3-5-8(12)6-4-7;;/h3-6,15H,9H2,1-2H3,(H,16,17);3-6,13-14H,1-2H3;2*1H. The van der Waals surface area contributed by atoms with Crippen LogP contribution in [-0.4, -0.2) is 44.1 Å². The largest absolute Gasteiger partial charge is 0.509 e. The molecule has 2 aromatic carbocycles. The summed E-state index contributed by atoms with van der Waals surface area (Å²) < 4.78 is 52.5. The van der Waals surface area contributed by atoms with E-state index >= 15 is 0 Å². The van der Waals surface area contributed by atoms with Crippen LogP contribution >= 0.6 is 23.2 Å². The van der Waals surface area contributed by atoms with Gasteiger partial charge in [-0.25, -0.2) is 21.6 Å². The number of rotatable bonds is 5.